The maximum atomic E-state index is 12.1. The second-order valence-corrected chi connectivity index (χ2v) is 8.43. The van der Waals surface area contributed by atoms with Crippen LogP contribution < -0.4 is 14.8 Å². The van der Waals surface area contributed by atoms with E-state index in [1.165, 1.54) is 12.1 Å². The number of nitrogens with one attached hydrogen (secondary N) is 1. The van der Waals surface area contributed by atoms with Crippen molar-refractivity contribution in [2.45, 2.75) is 17.4 Å². The van der Waals surface area contributed by atoms with Crippen molar-refractivity contribution in [2.24, 2.45) is 0 Å². The summed E-state index contributed by atoms with van der Waals surface area (Å²) in [6, 6.07) is 14.5. The molecule has 0 spiro atoms. The number of sulfone groups is 1. The van der Waals surface area contributed by atoms with Crippen LogP contribution in [0.4, 0.5) is 0 Å². The van der Waals surface area contributed by atoms with Crippen LogP contribution in [0.5, 0.6) is 11.5 Å². The minimum atomic E-state index is -3.64. The Balaban J connectivity index is 1.41. The van der Waals surface area contributed by atoms with E-state index in [4.69, 9.17) is 14.2 Å². The molecule has 1 aliphatic heterocycles. The number of para-hydroxylation sites is 2. The highest BCUT2D eigenvalue weighted by Crippen LogP contribution is 2.30. The summed E-state index contributed by atoms with van der Waals surface area (Å²) in [5, 5.41) is 2.06. The average Bonchev–Trinajstić information content (AvgIpc) is 2.76. The number of carbonyl (C=O) groups excluding carboxylic acids is 3. The summed E-state index contributed by atoms with van der Waals surface area (Å²) >= 11 is 0. The summed E-state index contributed by atoms with van der Waals surface area (Å²) in [5.41, 5.74) is 0. The van der Waals surface area contributed by atoms with Gasteiger partial charge in [-0.2, -0.15) is 0 Å². The van der Waals surface area contributed by atoms with E-state index >= 15 is 0 Å². The molecule has 158 valence electrons. The highest BCUT2D eigenvalue weighted by molar-refractivity contribution is 7.91. The number of hydrogen-bond donors (Lipinski definition) is 1. The summed E-state index contributed by atoms with van der Waals surface area (Å²) in [7, 11) is -3.64. The fraction of sp³-hybridized carbons (Fsp3) is 0.250. The average molecular weight is 433 g/mol. The zero-order valence-corrected chi connectivity index (χ0v) is 16.6. The molecule has 0 saturated heterocycles. The van der Waals surface area contributed by atoms with Gasteiger partial charge in [-0.1, -0.05) is 30.3 Å². The van der Waals surface area contributed by atoms with Crippen LogP contribution >= 0.6 is 0 Å². The second kappa shape index (κ2) is 9.40. The number of benzene rings is 2. The summed E-state index contributed by atoms with van der Waals surface area (Å²) in [6.07, 6.45) is -1.45. The fourth-order valence-electron chi connectivity index (χ4n) is 2.58. The molecule has 2 aromatic carbocycles. The van der Waals surface area contributed by atoms with Crippen molar-refractivity contribution in [3.63, 3.8) is 0 Å². The van der Waals surface area contributed by atoms with Crippen molar-refractivity contribution in [3.05, 3.63) is 54.6 Å². The van der Waals surface area contributed by atoms with Crippen LogP contribution in [-0.2, 0) is 29.0 Å². The lowest BCUT2D eigenvalue weighted by atomic mass is 10.2. The predicted molar refractivity (Wildman–Crippen MR) is 104 cm³/mol. The minimum Gasteiger partial charge on any atom is -0.485 e. The Morgan fingerprint density at radius 1 is 1.00 bits per heavy atom. The van der Waals surface area contributed by atoms with E-state index in [9.17, 15) is 22.8 Å². The van der Waals surface area contributed by atoms with Crippen LogP contribution in [0.2, 0.25) is 0 Å². The predicted octanol–water partition coefficient (Wildman–Crippen LogP) is 0.876. The third-order valence-corrected chi connectivity index (χ3v) is 5.84. The van der Waals surface area contributed by atoms with Crippen LogP contribution in [0.3, 0.4) is 0 Å². The van der Waals surface area contributed by atoms with Gasteiger partial charge in [-0.25, -0.2) is 8.42 Å². The van der Waals surface area contributed by atoms with Crippen molar-refractivity contribution < 1.29 is 37.0 Å². The van der Waals surface area contributed by atoms with Gasteiger partial charge >= 0.3 is 5.97 Å². The first-order valence-corrected chi connectivity index (χ1v) is 10.7. The van der Waals surface area contributed by atoms with Gasteiger partial charge in [0.15, 0.2) is 27.9 Å². The van der Waals surface area contributed by atoms with Gasteiger partial charge in [0.05, 0.1) is 17.1 Å². The van der Waals surface area contributed by atoms with Gasteiger partial charge in [0.1, 0.15) is 6.61 Å². The molecule has 1 N–H and O–H groups in total. The van der Waals surface area contributed by atoms with Gasteiger partial charge in [0, 0.05) is 0 Å². The van der Waals surface area contributed by atoms with Crippen LogP contribution in [0.25, 0.3) is 0 Å². The molecular formula is C20H19NO8S. The van der Waals surface area contributed by atoms with Gasteiger partial charge in [-0.15, -0.1) is 0 Å². The van der Waals surface area contributed by atoms with Crippen molar-refractivity contribution in [1.29, 1.82) is 0 Å². The van der Waals surface area contributed by atoms with Gasteiger partial charge in [-0.3, -0.25) is 19.7 Å². The monoisotopic (exact) mass is 433 g/mol. The first-order chi connectivity index (χ1) is 14.3. The van der Waals surface area contributed by atoms with Gasteiger partial charge in [0.25, 0.3) is 11.8 Å². The smallest absolute Gasteiger partial charge is 0.307 e. The topological polar surface area (TPSA) is 125 Å². The number of hydrogen-bond acceptors (Lipinski definition) is 8. The number of carbonyl (C=O) groups is 3. The molecule has 0 radical (unpaired) electrons. The zero-order chi connectivity index (χ0) is 21.6. The Morgan fingerprint density at radius 2 is 1.67 bits per heavy atom. The van der Waals surface area contributed by atoms with E-state index in [-0.39, 0.29) is 11.5 Å². The SMILES string of the molecule is O=C(COC(=O)CCS(=O)(=O)c1ccccc1)NC(=O)[C@@H]1COc2ccccc2O1. The summed E-state index contributed by atoms with van der Waals surface area (Å²) < 4.78 is 39.9. The molecule has 9 nitrogen and oxygen atoms in total. The van der Waals surface area contributed by atoms with Gasteiger partial charge < -0.3 is 14.2 Å². The normalized spacial score (nSPS) is 15.1. The molecule has 0 bridgehead atoms. The Morgan fingerprint density at radius 3 is 2.40 bits per heavy atom. The van der Waals surface area contributed by atoms with Gasteiger partial charge in [0.2, 0.25) is 6.10 Å². The Bertz CT molecular complexity index is 1040. The summed E-state index contributed by atoms with van der Waals surface area (Å²) in [6.45, 7) is -0.798. The molecule has 0 saturated carbocycles. The maximum Gasteiger partial charge on any atom is 0.307 e. The number of esters is 1. The van der Waals surface area contributed by atoms with Crippen LogP contribution in [0.1, 0.15) is 6.42 Å². The quantitative estimate of drug-likeness (QED) is 0.638. The van der Waals surface area contributed by atoms with E-state index in [1.807, 2.05) is 0 Å². The molecule has 30 heavy (non-hydrogen) atoms. The molecule has 1 atom stereocenters. The standard InChI is InChI=1S/C20H19NO8S/c22-18(21-20(24)17-12-27-15-8-4-5-9-16(15)29-17)13-28-19(23)10-11-30(25,26)14-6-2-1-3-7-14/h1-9,17H,10-13H2,(H,21,22,24)/t17-/m0/s1. The van der Waals surface area contributed by atoms with Crippen molar-refractivity contribution in [1.82, 2.24) is 5.32 Å². The van der Waals surface area contributed by atoms with Crippen LogP contribution in [0, 0.1) is 0 Å². The lowest BCUT2D eigenvalue weighted by Gasteiger charge is -2.25. The Hall–Kier alpha value is -3.40. The van der Waals surface area contributed by atoms with Crippen molar-refractivity contribution in [2.75, 3.05) is 19.0 Å². The Kier molecular flexibility index (Phi) is 6.68. The fourth-order valence-corrected chi connectivity index (χ4v) is 3.83. The number of ether oxygens (including phenoxy) is 3. The molecule has 2 amide bonds. The number of fused-ring (bicyclic) bond motifs is 1. The summed E-state index contributed by atoms with van der Waals surface area (Å²) in [5.74, 6) is -2.06. The third kappa shape index (κ3) is 5.57. The molecule has 0 unspecified atom stereocenters. The number of amides is 2. The highest BCUT2D eigenvalue weighted by Gasteiger charge is 2.28. The molecule has 3 rings (SSSR count). The minimum absolute atomic E-state index is 0.0761. The zero-order valence-electron chi connectivity index (χ0n) is 15.8. The largest absolute Gasteiger partial charge is 0.485 e. The first kappa shape index (κ1) is 21.3. The second-order valence-electron chi connectivity index (χ2n) is 6.32. The maximum absolute atomic E-state index is 12.1. The molecule has 1 aliphatic rings. The summed E-state index contributed by atoms with van der Waals surface area (Å²) in [4.78, 5) is 35.8. The van der Waals surface area contributed by atoms with E-state index in [2.05, 4.69) is 5.32 Å². The van der Waals surface area contributed by atoms with Crippen molar-refractivity contribution >= 4 is 27.6 Å². The number of imide groups is 1. The lowest BCUT2D eigenvalue weighted by molar-refractivity contribution is -0.150. The molecular weight excluding hydrogens is 414 g/mol. The van der Waals surface area contributed by atoms with E-state index < -0.39 is 52.5 Å². The van der Waals surface area contributed by atoms with Crippen LogP contribution in [0.15, 0.2) is 59.5 Å². The molecule has 0 aromatic heterocycles. The molecule has 10 heteroatoms. The van der Waals surface area contributed by atoms with Gasteiger partial charge in [-0.05, 0) is 24.3 Å². The van der Waals surface area contributed by atoms with Crippen LogP contribution in [-0.4, -0.2) is 51.3 Å². The van der Waals surface area contributed by atoms with E-state index in [1.54, 1.807) is 42.5 Å². The van der Waals surface area contributed by atoms with Crippen molar-refractivity contribution in [3.8, 4) is 11.5 Å². The molecule has 0 fully saturated rings. The molecule has 0 aliphatic carbocycles. The van der Waals surface area contributed by atoms with E-state index in [0.717, 1.165) is 0 Å². The molecule has 1 heterocycles. The van der Waals surface area contributed by atoms with E-state index in [0.29, 0.717) is 11.5 Å². The lowest BCUT2D eigenvalue weighted by Crippen LogP contribution is -2.47. The Labute approximate surface area is 172 Å². The first-order valence-electron chi connectivity index (χ1n) is 9.01. The third-order valence-electron chi connectivity index (χ3n) is 4.11. The molecule has 2 aromatic rings. The number of rotatable bonds is 7. The highest BCUT2D eigenvalue weighted by atomic mass is 32.2.